The number of amides is 1. The van der Waals surface area contributed by atoms with E-state index in [-0.39, 0.29) is 12.0 Å². The molecule has 1 aliphatic rings. The van der Waals surface area contributed by atoms with Gasteiger partial charge in [-0.2, -0.15) is 0 Å². The standard InChI is InChI=1S/C32H39N5O3/c1-19(33)29(36(4)35)22-16-25(31(34)38)28-24-11-10-23(32(2,3)39)18-26(24)37(27(28)17-22)30(20-8-6-5-7-9-20)21-12-14-40-15-13-21/h5-11,16-18,21,30,39H,12-15,33,35H2,1-4H3,(H2,34,38)/b29-19-. The largest absolute Gasteiger partial charge is 0.401 e. The number of aliphatic hydroxyl groups is 1. The van der Waals surface area contributed by atoms with Crippen LogP contribution in [0.1, 0.15) is 66.7 Å². The van der Waals surface area contributed by atoms with E-state index in [0.29, 0.717) is 35.7 Å². The molecule has 8 heteroatoms. The zero-order valence-electron chi connectivity index (χ0n) is 23.6. The molecular formula is C32H39N5O3. The first-order valence-corrected chi connectivity index (χ1v) is 13.7. The van der Waals surface area contributed by atoms with Crippen LogP contribution in [0.4, 0.5) is 0 Å². The lowest BCUT2D eigenvalue weighted by Gasteiger charge is -2.33. The molecule has 1 saturated heterocycles. The Labute approximate surface area is 235 Å². The Balaban J connectivity index is 1.97. The van der Waals surface area contributed by atoms with Crippen molar-refractivity contribution >= 4 is 33.4 Å². The molecule has 2 heterocycles. The lowest BCUT2D eigenvalue weighted by molar-refractivity contribution is 0.0552. The average molecular weight is 542 g/mol. The number of primary amides is 1. The number of carbonyl (C=O) groups excluding carboxylic acids is 1. The Bertz CT molecular complexity index is 1590. The number of hydrogen-bond donors (Lipinski definition) is 4. The number of allylic oxidation sites excluding steroid dienone is 1. The highest BCUT2D eigenvalue weighted by Gasteiger charge is 2.32. The molecule has 1 amide bonds. The van der Waals surface area contributed by atoms with Gasteiger partial charge in [-0.1, -0.05) is 42.5 Å². The van der Waals surface area contributed by atoms with Gasteiger partial charge in [0.05, 0.1) is 28.4 Å². The van der Waals surface area contributed by atoms with Crippen LogP contribution < -0.4 is 17.3 Å². The number of nitrogens with zero attached hydrogens (tertiary/aromatic N) is 2. The molecule has 0 spiro atoms. The summed E-state index contributed by atoms with van der Waals surface area (Å²) in [5.74, 6) is 5.97. The first kappa shape index (κ1) is 27.7. The van der Waals surface area contributed by atoms with Crippen molar-refractivity contribution in [3.8, 4) is 0 Å². The average Bonchev–Trinajstić information content (AvgIpc) is 3.22. The zero-order valence-corrected chi connectivity index (χ0v) is 23.6. The molecule has 0 bridgehead atoms. The van der Waals surface area contributed by atoms with E-state index in [1.54, 1.807) is 33.9 Å². The smallest absolute Gasteiger partial charge is 0.249 e. The fourth-order valence-electron chi connectivity index (χ4n) is 6.21. The minimum Gasteiger partial charge on any atom is -0.401 e. The van der Waals surface area contributed by atoms with Gasteiger partial charge < -0.3 is 30.9 Å². The summed E-state index contributed by atoms with van der Waals surface area (Å²) in [5.41, 5.74) is 17.2. The van der Waals surface area contributed by atoms with E-state index in [4.69, 9.17) is 22.0 Å². The van der Waals surface area contributed by atoms with E-state index in [2.05, 4.69) is 34.9 Å². The number of aromatic nitrogens is 1. The van der Waals surface area contributed by atoms with Crippen molar-refractivity contribution in [2.75, 3.05) is 20.3 Å². The van der Waals surface area contributed by atoms with Crippen molar-refractivity contribution in [2.24, 2.45) is 23.2 Å². The number of carbonyl (C=O) groups is 1. The first-order chi connectivity index (χ1) is 19.0. The van der Waals surface area contributed by atoms with Gasteiger partial charge in [-0.05, 0) is 68.9 Å². The van der Waals surface area contributed by atoms with Crippen LogP contribution in [-0.4, -0.2) is 40.9 Å². The third-order valence-corrected chi connectivity index (χ3v) is 8.01. The number of hydrazine groups is 1. The molecule has 1 atom stereocenters. The SMILES string of the molecule is C/C(N)=C(\c1cc(C(N)=O)c2c3ccc(C(C)(C)O)cc3n(C(c3ccccc3)C3CCOCC3)c2c1)N(C)N. The van der Waals surface area contributed by atoms with Gasteiger partial charge in [-0.3, -0.25) is 4.79 Å². The Morgan fingerprint density at radius 3 is 2.30 bits per heavy atom. The minimum absolute atomic E-state index is 0.0554. The second-order valence-electron chi connectivity index (χ2n) is 11.4. The van der Waals surface area contributed by atoms with Gasteiger partial charge in [0.15, 0.2) is 0 Å². The Kier molecular flexibility index (Phi) is 7.35. The van der Waals surface area contributed by atoms with E-state index in [1.165, 1.54) is 5.01 Å². The van der Waals surface area contributed by atoms with Crippen molar-refractivity contribution in [1.82, 2.24) is 9.58 Å². The third kappa shape index (κ3) is 4.94. The molecule has 40 heavy (non-hydrogen) atoms. The van der Waals surface area contributed by atoms with Gasteiger partial charge in [0.2, 0.25) is 5.91 Å². The summed E-state index contributed by atoms with van der Waals surface area (Å²) in [4.78, 5) is 13.0. The van der Waals surface area contributed by atoms with Crippen molar-refractivity contribution in [3.05, 3.63) is 88.6 Å². The van der Waals surface area contributed by atoms with Crippen molar-refractivity contribution < 1.29 is 14.6 Å². The highest BCUT2D eigenvalue weighted by Crippen LogP contribution is 2.43. The molecule has 0 saturated carbocycles. The van der Waals surface area contributed by atoms with E-state index in [0.717, 1.165) is 45.8 Å². The monoisotopic (exact) mass is 541 g/mol. The predicted molar refractivity (Wildman–Crippen MR) is 160 cm³/mol. The second-order valence-corrected chi connectivity index (χ2v) is 11.4. The maximum atomic E-state index is 13.0. The lowest BCUT2D eigenvalue weighted by Crippen LogP contribution is -2.28. The minimum atomic E-state index is -1.05. The van der Waals surface area contributed by atoms with E-state index < -0.39 is 11.5 Å². The van der Waals surface area contributed by atoms with Gasteiger partial charge in [0.1, 0.15) is 0 Å². The zero-order chi connectivity index (χ0) is 28.8. The summed E-state index contributed by atoms with van der Waals surface area (Å²) in [6.07, 6.45) is 1.79. The number of nitrogens with two attached hydrogens (primary N) is 3. The van der Waals surface area contributed by atoms with Crippen LogP contribution in [0.25, 0.3) is 27.5 Å². The maximum absolute atomic E-state index is 13.0. The summed E-state index contributed by atoms with van der Waals surface area (Å²) in [6, 6.07) is 20.1. The first-order valence-electron chi connectivity index (χ1n) is 13.7. The number of hydrogen-bond acceptors (Lipinski definition) is 6. The number of rotatable bonds is 7. The molecule has 1 unspecified atom stereocenters. The lowest BCUT2D eigenvalue weighted by atomic mass is 9.86. The van der Waals surface area contributed by atoms with Crippen LogP contribution in [0.5, 0.6) is 0 Å². The Morgan fingerprint density at radius 2 is 1.73 bits per heavy atom. The fourth-order valence-corrected chi connectivity index (χ4v) is 6.21. The van der Waals surface area contributed by atoms with Gasteiger partial charge in [0, 0.05) is 47.9 Å². The molecule has 210 valence electrons. The third-order valence-electron chi connectivity index (χ3n) is 8.01. The molecule has 0 aliphatic carbocycles. The summed E-state index contributed by atoms with van der Waals surface area (Å²) in [7, 11) is 1.72. The van der Waals surface area contributed by atoms with Gasteiger partial charge in [0.25, 0.3) is 0 Å². The summed E-state index contributed by atoms with van der Waals surface area (Å²) in [6.45, 7) is 6.72. The normalized spacial score (nSPS) is 16.2. The summed E-state index contributed by atoms with van der Waals surface area (Å²) < 4.78 is 8.07. The molecular weight excluding hydrogens is 502 g/mol. The molecule has 4 aromatic rings. The fraction of sp³-hybridized carbons (Fsp3) is 0.344. The van der Waals surface area contributed by atoms with E-state index in [9.17, 15) is 9.90 Å². The Morgan fingerprint density at radius 1 is 1.05 bits per heavy atom. The predicted octanol–water partition coefficient (Wildman–Crippen LogP) is 4.59. The molecule has 8 nitrogen and oxygen atoms in total. The molecule has 5 rings (SSSR count). The summed E-state index contributed by atoms with van der Waals surface area (Å²) in [5, 5.41) is 14.1. The van der Waals surface area contributed by atoms with Crippen LogP contribution in [-0.2, 0) is 10.3 Å². The van der Waals surface area contributed by atoms with Crippen molar-refractivity contribution in [2.45, 2.75) is 45.3 Å². The van der Waals surface area contributed by atoms with Crippen LogP contribution in [0, 0.1) is 5.92 Å². The summed E-state index contributed by atoms with van der Waals surface area (Å²) >= 11 is 0. The topological polar surface area (TPSA) is 133 Å². The molecule has 7 N–H and O–H groups in total. The number of fused-ring (bicyclic) bond motifs is 3. The molecule has 3 aromatic carbocycles. The molecule has 1 fully saturated rings. The molecule has 1 aliphatic heterocycles. The Hall–Kier alpha value is -3.85. The maximum Gasteiger partial charge on any atom is 0.249 e. The quantitative estimate of drug-likeness (QED) is 0.200. The van der Waals surface area contributed by atoms with E-state index in [1.807, 2.05) is 24.3 Å². The van der Waals surface area contributed by atoms with Crippen LogP contribution in [0.15, 0.2) is 66.4 Å². The number of benzene rings is 3. The second kappa shape index (κ2) is 10.6. The van der Waals surface area contributed by atoms with Crippen LogP contribution in [0.2, 0.25) is 0 Å². The van der Waals surface area contributed by atoms with Gasteiger partial charge in [-0.25, -0.2) is 5.84 Å². The molecule has 0 radical (unpaired) electrons. The van der Waals surface area contributed by atoms with Crippen LogP contribution >= 0.6 is 0 Å². The highest BCUT2D eigenvalue weighted by atomic mass is 16.5. The van der Waals surface area contributed by atoms with Crippen molar-refractivity contribution in [3.63, 3.8) is 0 Å². The molecule has 1 aromatic heterocycles. The highest BCUT2D eigenvalue weighted by molar-refractivity contribution is 6.18. The van der Waals surface area contributed by atoms with Crippen LogP contribution in [0.3, 0.4) is 0 Å². The van der Waals surface area contributed by atoms with Gasteiger partial charge in [-0.15, -0.1) is 0 Å². The number of ether oxygens (including phenoxy) is 1. The van der Waals surface area contributed by atoms with Gasteiger partial charge >= 0.3 is 0 Å². The van der Waals surface area contributed by atoms with Crippen molar-refractivity contribution in [1.29, 1.82) is 0 Å². The van der Waals surface area contributed by atoms with E-state index >= 15 is 0 Å².